The average Bonchev–Trinajstić information content (AvgIpc) is 3.09. The molecule has 0 aliphatic heterocycles. The van der Waals surface area contributed by atoms with Crippen LogP contribution in [0.4, 0.5) is 5.95 Å². The first kappa shape index (κ1) is 25.1. The molecule has 0 spiro atoms. The topological polar surface area (TPSA) is 47.4 Å². The van der Waals surface area contributed by atoms with Gasteiger partial charge in [-0.25, -0.2) is 4.98 Å². The van der Waals surface area contributed by atoms with Crippen molar-refractivity contribution >= 4 is 35.1 Å². The number of hydrogen-bond acceptors (Lipinski definition) is 4. The molecule has 5 nitrogen and oxygen atoms in total. The first-order valence-corrected chi connectivity index (χ1v) is 12.0. The summed E-state index contributed by atoms with van der Waals surface area (Å²) < 4.78 is 7.29. The molecule has 0 radical (unpaired) electrons. The number of rotatable bonds is 10. The lowest BCUT2D eigenvalue weighted by Crippen LogP contribution is -2.29. The van der Waals surface area contributed by atoms with Gasteiger partial charge < -0.3 is 14.2 Å². The number of hydrogen-bond donors (Lipinski definition) is 0. The van der Waals surface area contributed by atoms with Crippen molar-refractivity contribution in [2.75, 3.05) is 18.1 Å². The van der Waals surface area contributed by atoms with Crippen LogP contribution in [-0.4, -0.2) is 28.7 Å². The van der Waals surface area contributed by atoms with E-state index in [9.17, 15) is 4.79 Å². The van der Waals surface area contributed by atoms with E-state index < -0.39 is 0 Å². The number of anilines is 1. The molecule has 3 rings (SSSR count). The third-order valence-electron chi connectivity index (χ3n) is 5.37. The van der Waals surface area contributed by atoms with Crippen LogP contribution < -0.4 is 4.90 Å². The predicted molar refractivity (Wildman–Crippen MR) is 136 cm³/mol. The Morgan fingerprint density at radius 1 is 1.12 bits per heavy atom. The Bertz CT molecular complexity index is 1080. The monoisotopic (exact) mass is 487 g/mol. The van der Waals surface area contributed by atoms with Crippen LogP contribution in [0.3, 0.4) is 0 Å². The zero-order chi connectivity index (χ0) is 24.0. The average molecular weight is 488 g/mol. The summed E-state index contributed by atoms with van der Waals surface area (Å²) in [5.41, 5.74) is 4.07. The molecule has 0 bridgehead atoms. The number of halogens is 2. The number of benzene rings is 2. The van der Waals surface area contributed by atoms with Crippen molar-refractivity contribution < 1.29 is 9.53 Å². The van der Waals surface area contributed by atoms with E-state index in [0.29, 0.717) is 35.7 Å². The van der Waals surface area contributed by atoms with Crippen LogP contribution in [0.5, 0.6) is 0 Å². The van der Waals surface area contributed by atoms with Gasteiger partial charge in [0.1, 0.15) is 0 Å². The van der Waals surface area contributed by atoms with Crippen LogP contribution in [0.1, 0.15) is 38.4 Å². The molecular formula is C26H31Cl2N3O2. The molecule has 0 saturated heterocycles. The summed E-state index contributed by atoms with van der Waals surface area (Å²) in [7, 11) is 2.03. The van der Waals surface area contributed by atoms with E-state index in [4.69, 9.17) is 32.9 Å². The van der Waals surface area contributed by atoms with E-state index in [0.717, 1.165) is 34.9 Å². The molecule has 0 aliphatic carbocycles. The number of ether oxygens (including phenoxy) is 1. The van der Waals surface area contributed by atoms with E-state index >= 15 is 0 Å². The number of nitrogens with zero attached hydrogens (tertiary/aromatic N) is 3. The Balaban J connectivity index is 2.04. The van der Waals surface area contributed by atoms with E-state index in [1.165, 1.54) is 0 Å². The Hall–Kier alpha value is -2.50. The van der Waals surface area contributed by atoms with Gasteiger partial charge in [0.15, 0.2) is 0 Å². The van der Waals surface area contributed by atoms with Crippen LogP contribution in [0, 0.1) is 5.92 Å². The maximum atomic E-state index is 12.1. The molecule has 7 heteroatoms. The van der Waals surface area contributed by atoms with E-state index in [1.807, 2.05) is 44.3 Å². The highest BCUT2D eigenvalue weighted by atomic mass is 35.5. The number of carbonyl (C=O) groups is 1. The largest absolute Gasteiger partial charge is 0.466 e. The van der Waals surface area contributed by atoms with Gasteiger partial charge in [-0.15, -0.1) is 0 Å². The molecule has 33 heavy (non-hydrogen) atoms. The summed E-state index contributed by atoms with van der Waals surface area (Å²) in [6.45, 7) is 7.70. The molecular weight excluding hydrogens is 457 g/mol. The lowest BCUT2D eigenvalue weighted by molar-refractivity contribution is -0.142. The second-order valence-electron chi connectivity index (χ2n) is 8.46. The summed E-state index contributed by atoms with van der Waals surface area (Å²) in [5.74, 6) is 1.04. The van der Waals surface area contributed by atoms with Gasteiger partial charge >= 0.3 is 5.97 Å². The van der Waals surface area contributed by atoms with Crippen molar-refractivity contribution in [3.05, 3.63) is 69.8 Å². The molecule has 0 atom stereocenters. The summed E-state index contributed by atoms with van der Waals surface area (Å²) in [5, 5.41) is 1.02. The quantitative estimate of drug-likeness (QED) is 0.304. The molecule has 0 aliphatic rings. The third kappa shape index (κ3) is 6.52. The molecule has 0 fully saturated rings. The fraction of sp³-hybridized carbons (Fsp3) is 0.385. The summed E-state index contributed by atoms with van der Waals surface area (Å²) >= 11 is 12.5. The molecule has 2 aromatic carbocycles. The SMILES string of the molecule is CCOC(=O)CCN(Cc1ccccc1)c1nc(-c2ccc(Cl)c(Cl)c2)c(CC(C)C)n1C. The normalized spacial score (nSPS) is 11.1. The minimum absolute atomic E-state index is 0.211. The van der Waals surface area contributed by atoms with Crippen LogP contribution in [0.15, 0.2) is 48.5 Å². The zero-order valence-corrected chi connectivity index (χ0v) is 21.2. The van der Waals surface area contributed by atoms with Gasteiger partial charge in [0, 0.05) is 31.4 Å². The van der Waals surface area contributed by atoms with Crippen molar-refractivity contribution in [3.8, 4) is 11.3 Å². The fourth-order valence-corrected chi connectivity index (χ4v) is 4.11. The summed E-state index contributed by atoms with van der Waals surface area (Å²) in [6, 6.07) is 15.8. The van der Waals surface area contributed by atoms with E-state index in [1.54, 1.807) is 6.07 Å². The third-order valence-corrected chi connectivity index (χ3v) is 6.11. The predicted octanol–water partition coefficient (Wildman–Crippen LogP) is 6.55. The highest BCUT2D eigenvalue weighted by Gasteiger charge is 2.22. The Labute approximate surface area is 206 Å². The first-order chi connectivity index (χ1) is 15.8. The molecule has 0 unspecified atom stereocenters. The smallest absolute Gasteiger partial charge is 0.307 e. The van der Waals surface area contributed by atoms with Gasteiger partial charge in [0.2, 0.25) is 5.95 Å². The van der Waals surface area contributed by atoms with Crippen LogP contribution in [-0.2, 0) is 29.5 Å². The molecule has 0 saturated carbocycles. The summed E-state index contributed by atoms with van der Waals surface area (Å²) in [6.07, 6.45) is 1.14. The Morgan fingerprint density at radius 2 is 1.85 bits per heavy atom. The number of aromatic nitrogens is 2. The van der Waals surface area contributed by atoms with Crippen molar-refractivity contribution in [2.45, 2.75) is 40.2 Å². The van der Waals surface area contributed by atoms with Crippen molar-refractivity contribution in [3.63, 3.8) is 0 Å². The fourth-order valence-electron chi connectivity index (χ4n) is 3.81. The molecule has 176 valence electrons. The maximum Gasteiger partial charge on any atom is 0.307 e. The Morgan fingerprint density at radius 3 is 2.48 bits per heavy atom. The highest BCUT2D eigenvalue weighted by Crippen LogP contribution is 2.33. The van der Waals surface area contributed by atoms with E-state index in [-0.39, 0.29) is 12.4 Å². The lowest BCUT2D eigenvalue weighted by Gasteiger charge is -2.24. The second kappa shape index (κ2) is 11.6. The molecule has 0 amide bonds. The van der Waals surface area contributed by atoms with Gasteiger partial charge in [-0.2, -0.15) is 0 Å². The molecule has 1 aromatic heterocycles. The molecule has 0 N–H and O–H groups in total. The number of imidazole rings is 1. The minimum Gasteiger partial charge on any atom is -0.466 e. The molecule has 1 heterocycles. The summed E-state index contributed by atoms with van der Waals surface area (Å²) in [4.78, 5) is 19.3. The zero-order valence-electron chi connectivity index (χ0n) is 19.6. The molecule has 3 aromatic rings. The van der Waals surface area contributed by atoms with Crippen LogP contribution in [0.2, 0.25) is 10.0 Å². The van der Waals surface area contributed by atoms with Crippen molar-refractivity contribution in [1.82, 2.24) is 9.55 Å². The lowest BCUT2D eigenvalue weighted by atomic mass is 10.0. The highest BCUT2D eigenvalue weighted by molar-refractivity contribution is 6.42. The maximum absolute atomic E-state index is 12.1. The second-order valence-corrected chi connectivity index (χ2v) is 9.27. The van der Waals surface area contributed by atoms with Gasteiger partial charge in [-0.05, 0) is 37.0 Å². The van der Waals surface area contributed by atoms with Crippen LogP contribution >= 0.6 is 23.2 Å². The van der Waals surface area contributed by atoms with Gasteiger partial charge in [-0.3, -0.25) is 4.79 Å². The van der Waals surface area contributed by atoms with Gasteiger partial charge in [0.25, 0.3) is 0 Å². The van der Waals surface area contributed by atoms with Crippen molar-refractivity contribution in [1.29, 1.82) is 0 Å². The van der Waals surface area contributed by atoms with Gasteiger partial charge in [-0.1, -0.05) is 73.4 Å². The number of carbonyl (C=O) groups excluding carboxylic acids is 1. The van der Waals surface area contributed by atoms with Crippen molar-refractivity contribution in [2.24, 2.45) is 13.0 Å². The number of esters is 1. The Kier molecular flexibility index (Phi) is 8.81. The first-order valence-electron chi connectivity index (χ1n) is 11.3. The standard InChI is InChI=1S/C26H31Cl2N3O2/c1-5-33-24(32)13-14-31(17-19-9-7-6-8-10-19)26-29-25(23(30(26)4)15-18(2)3)20-11-12-21(27)22(28)16-20/h6-12,16,18H,5,13-15,17H2,1-4H3. The van der Waals surface area contributed by atoms with Gasteiger partial charge in [0.05, 0.1) is 28.8 Å². The minimum atomic E-state index is -0.211. The van der Waals surface area contributed by atoms with Crippen LogP contribution in [0.25, 0.3) is 11.3 Å². The van der Waals surface area contributed by atoms with E-state index in [2.05, 4.69) is 35.4 Å².